The molecule has 3 nitrogen and oxygen atoms in total. The Bertz CT molecular complexity index is 534. The lowest BCUT2D eigenvalue weighted by Gasteiger charge is -2.13. The summed E-state index contributed by atoms with van der Waals surface area (Å²) in [6, 6.07) is 6.24. The molecule has 2 aromatic rings. The third-order valence-corrected chi connectivity index (χ3v) is 3.63. The zero-order valence-electron chi connectivity index (χ0n) is 10.2. The molecule has 0 unspecified atom stereocenters. The Balaban J connectivity index is 2.03. The third-order valence-electron chi connectivity index (χ3n) is 2.34. The molecule has 1 N–H and O–H groups in total. The van der Waals surface area contributed by atoms with E-state index in [1.165, 1.54) is 17.4 Å². The van der Waals surface area contributed by atoms with Crippen LogP contribution in [0.3, 0.4) is 0 Å². The van der Waals surface area contributed by atoms with E-state index in [1.807, 2.05) is 0 Å². The molecule has 1 heterocycles. The van der Waals surface area contributed by atoms with E-state index in [9.17, 15) is 9.50 Å². The van der Waals surface area contributed by atoms with Gasteiger partial charge in [-0.2, -0.15) is 0 Å². The lowest BCUT2D eigenvalue weighted by molar-refractivity contribution is 0.0823. The normalized spacial score (nSPS) is 11.6. The summed E-state index contributed by atoms with van der Waals surface area (Å²) in [4.78, 5) is 4.90. The number of halogens is 1. The van der Waals surface area contributed by atoms with Gasteiger partial charge in [-0.05, 0) is 26.0 Å². The molecule has 0 saturated heterocycles. The number of ether oxygens (including phenoxy) is 1. The lowest BCUT2D eigenvalue weighted by Crippen LogP contribution is -2.12. The van der Waals surface area contributed by atoms with Gasteiger partial charge in [0.1, 0.15) is 11.6 Å². The van der Waals surface area contributed by atoms with E-state index in [1.54, 1.807) is 38.2 Å². The fourth-order valence-electron chi connectivity index (χ4n) is 1.36. The van der Waals surface area contributed by atoms with Crippen LogP contribution in [0.1, 0.15) is 23.7 Å². The summed E-state index contributed by atoms with van der Waals surface area (Å²) in [5.41, 5.74) is -0.909. The largest absolute Gasteiger partial charge is 0.483 e. The highest BCUT2D eigenvalue weighted by Gasteiger charge is 2.19. The minimum absolute atomic E-state index is 0.196. The molecule has 0 bridgehead atoms. The van der Waals surface area contributed by atoms with Gasteiger partial charge >= 0.3 is 0 Å². The van der Waals surface area contributed by atoms with Gasteiger partial charge in [-0.15, -0.1) is 11.3 Å². The lowest BCUT2D eigenvalue weighted by atomic mass is 10.1. The summed E-state index contributed by atoms with van der Waals surface area (Å²) in [7, 11) is 0. The summed E-state index contributed by atoms with van der Waals surface area (Å²) < 4.78 is 18.6. The summed E-state index contributed by atoms with van der Waals surface area (Å²) in [6.07, 6.45) is 1.62. The molecule has 0 aliphatic rings. The molecule has 0 saturated carbocycles. The van der Waals surface area contributed by atoms with Crippen molar-refractivity contribution in [3.8, 4) is 5.75 Å². The van der Waals surface area contributed by atoms with Crippen LogP contribution < -0.4 is 4.74 Å². The Morgan fingerprint density at radius 2 is 2.11 bits per heavy atom. The minimum Gasteiger partial charge on any atom is -0.483 e. The summed E-state index contributed by atoms with van der Waals surface area (Å²) in [5, 5.41) is 10.5. The van der Waals surface area contributed by atoms with E-state index in [4.69, 9.17) is 4.74 Å². The van der Waals surface area contributed by atoms with Crippen molar-refractivity contribution in [1.29, 1.82) is 0 Å². The van der Waals surface area contributed by atoms with E-state index in [2.05, 4.69) is 4.98 Å². The molecule has 0 aliphatic carbocycles. The smallest absolute Gasteiger partial charge is 0.165 e. The molecular formula is C13H14FNO2S. The number of aromatic nitrogens is 1. The van der Waals surface area contributed by atoms with Crippen LogP contribution in [0.25, 0.3) is 0 Å². The number of rotatable bonds is 4. The molecule has 18 heavy (non-hydrogen) atoms. The van der Waals surface area contributed by atoms with Gasteiger partial charge in [-0.3, -0.25) is 0 Å². The maximum atomic E-state index is 13.3. The van der Waals surface area contributed by atoms with Crippen LogP contribution in [0, 0.1) is 5.82 Å². The van der Waals surface area contributed by atoms with E-state index in [0.717, 1.165) is 4.88 Å². The maximum absolute atomic E-state index is 13.3. The molecule has 2 rings (SSSR count). The van der Waals surface area contributed by atoms with Crippen molar-refractivity contribution in [2.45, 2.75) is 26.1 Å². The van der Waals surface area contributed by atoms with Crippen molar-refractivity contribution in [3.05, 3.63) is 46.2 Å². The zero-order chi connectivity index (χ0) is 13.2. The predicted molar refractivity (Wildman–Crippen MR) is 68.1 cm³/mol. The third kappa shape index (κ3) is 3.05. The molecular weight excluding hydrogens is 253 g/mol. The average Bonchev–Trinajstić information content (AvgIpc) is 2.76. The highest BCUT2D eigenvalue weighted by molar-refractivity contribution is 7.11. The Morgan fingerprint density at radius 1 is 1.39 bits per heavy atom. The van der Waals surface area contributed by atoms with Gasteiger partial charge < -0.3 is 9.84 Å². The summed E-state index contributed by atoms with van der Waals surface area (Å²) >= 11 is 1.36. The fourth-order valence-corrected chi connectivity index (χ4v) is 2.19. The van der Waals surface area contributed by atoms with Gasteiger partial charge in [0.25, 0.3) is 0 Å². The van der Waals surface area contributed by atoms with Gasteiger partial charge in [0.15, 0.2) is 11.6 Å². The first kappa shape index (κ1) is 13.0. The van der Waals surface area contributed by atoms with Gasteiger partial charge in [0.2, 0.25) is 0 Å². The number of para-hydroxylation sites is 1. The number of hydrogen-bond donors (Lipinski definition) is 1. The molecule has 1 aromatic carbocycles. The second-order valence-electron chi connectivity index (χ2n) is 4.40. The first-order valence-corrected chi connectivity index (χ1v) is 6.33. The van der Waals surface area contributed by atoms with Gasteiger partial charge in [0.05, 0.1) is 10.5 Å². The van der Waals surface area contributed by atoms with Crippen LogP contribution in [0.2, 0.25) is 0 Å². The Morgan fingerprint density at radius 3 is 2.72 bits per heavy atom. The second kappa shape index (κ2) is 5.04. The van der Waals surface area contributed by atoms with E-state index in [-0.39, 0.29) is 12.4 Å². The first-order valence-electron chi connectivity index (χ1n) is 5.52. The predicted octanol–water partition coefficient (Wildman–Crippen LogP) is 3.09. The maximum Gasteiger partial charge on any atom is 0.165 e. The number of benzene rings is 1. The average molecular weight is 267 g/mol. The van der Waals surface area contributed by atoms with Crippen molar-refractivity contribution in [3.63, 3.8) is 0 Å². The SMILES string of the molecule is CC(C)(O)c1cnc(COc2ccccc2F)s1. The number of nitrogens with zero attached hydrogens (tertiary/aromatic N) is 1. The topological polar surface area (TPSA) is 42.4 Å². The molecule has 0 amide bonds. The molecule has 0 aliphatic heterocycles. The van der Waals surface area contributed by atoms with Crippen molar-refractivity contribution in [2.24, 2.45) is 0 Å². The molecule has 0 radical (unpaired) electrons. The van der Waals surface area contributed by atoms with E-state index < -0.39 is 11.4 Å². The number of aliphatic hydroxyl groups is 1. The summed E-state index contributed by atoms with van der Waals surface area (Å²) in [6.45, 7) is 3.59. The highest BCUT2D eigenvalue weighted by Crippen LogP contribution is 2.26. The van der Waals surface area contributed by atoms with Gasteiger partial charge in [-0.25, -0.2) is 9.37 Å². The second-order valence-corrected chi connectivity index (χ2v) is 5.51. The van der Waals surface area contributed by atoms with Crippen LogP contribution in [0.5, 0.6) is 5.75 Å². The van der Waals surface area contributed by atoms with Crippen LogP contribution in [0.4, 0.5) is 4.39 Å². The van der Waals surface area contributed by atoms with Crippen molar-refractivity contribution >= 4 is 11.3 Å². The Labute approximate surface area is 109 Å². The molecule has 0 spiro atoms. The zero-order valence-corrected chi connectivity index (χ0v) is 11.0. The number of hydrogen-bond acceptors (Lipinski definition) is 4. The monoisotopic (exact) mass is 267 g/mol. The van der Waals surface area contributed by atoms with Crippen molar-refractivity contribution < 1.29 is 14.2 Å². The Hall–Kier alpha value is -1.46. The molecule has 0 atom stereocenters. The van der Waals surface area contributed by atoms with Gasteiger partial charge in [0, 0.05) is 6.20 Å². The van der Waals surface area contributed by atoms with Crippen LogP contribution in [-0.2, 0) is 12.2 Å². The van der Waals surface area contributed by atoms with Gasteiger partial charge in [-0.1, -0.05) is 12.1 Å². The van der Waals surface area contributed by atoms with Crippen molar-refractivity contribution in [2.75, 3.05) is 0 Å². The van der Waals surface area contributed by atoms with Crippen molar-refractivity contribution in [1.82, 2.24) is 4.98 Å². The van der Waals surface area contributed by atoms with E-state index in [0.29, 0.717) is 5.01 Å². The molecule has 5 heteroatoms. The van der Waals surface area contributed by atoms with Crippen LogP contribution >= 0.6 is 11.3 Å². The molecule has 96 valence electrons. The quantitative estimate of drug-likeness (QED) is 0.925. The van der Waals surface area contributed by atoms with E-state index >= 15 is 0 Å². The van der Waals surface area contributed by atoms with Crippen LogP contribution in [0.15, 0.2) is 30.5 Å². The number of thiazole rings is 1. The van der Waals surface area contributed by atoms with Crippen LogP contribution in [-0.4, -0.2) is 10.1 Å². The first-order chi connectivity index (χ1) is 8.47. The molecule has 1 aromatic heterocycles. The fraction of sp³-hybridized carbons (Fsp3) is 0.308. The standard InChI is InChI=1S/C13H14FNO2S/c1-13(2,16)11-7-15-12(18-11)8-17-10-6-4-3-5-9(10)14/h3-7,16H,8H2,1-2H3. The minimum atomic E-state index is -0.909. The molecule has 0 fully saturated rings. The highest BCUT2D eigenvalue weighted by atomic mass is 32.1. The summed E-state index contributed by atoms with van der Waals surface area (Å²) in [5.74, 6) is -0.186. The Kier molecular flexibility index (Phi) is 3.63.